The van der Waals surface area contributed by atoms with Crippen LogP contribution in [0.15, 0.2) is 0 Å². The normalized spacial score (nSPS) is 16.6. The summed E-state index contributed by atoms with van der Waals surface area (Å²) in [7, 11) is 1.48. The minimum Gasteiger partial charge on any atom is -0.481 e. The second kappa shape index (κ2) is 6.36. The van der Waals surface area contributed by atoms with Crippen LogP contribution < -0.4 is 0 Å². The number of amides is 4. The molecule has 0 bridgehead atoms. The summed E-state index contributed by atoms with van der Waals surface area (Å²) in [5.74, 6) is -2.55. The maximum Gasteiger partial charge on any atom is 0.327 e. The third-order valence-electron chi connectivity index (χ3n) is 3.17. The van der Waals surface area contributed by atoms with Gasteiger partial charge in [0, 0.05) is 20.1 Å². The summed E-state index contributed by atoms with van der Waals surface area (Å²) in [5, 5.41) is 8.85. The molecule has 0 aliphatic carbocycles. The van der Waals surface area contributed by atoms with Crippen LogP contribution in [0.1, 0.15) is 13.8 Å². The molecule has 0 spiro atoms. The molecule has 1 fully saturated rings. The lowest BCUT2D eigenvalue weighted by atomic mass is 10.1. The molecule has 1 saturated heterocycles. The molecule has 1 aliphatic heterocycles. The fraction of sp³-hybridized carbons (Fsp3) is 0.667. The second-order valence-corrected chi connectivity index (χ2v) is 4.79. The van der Waals surface area contributed by atoms with Gasteiger partial charge in [0.2, 0.25) is 5.91 Å². The number of hydrogen-bond acceptors (Lipinski definition) is 4. The molecule has 0 aromatic carbocycles. The largest absolute Gasteiger partial charge is 0.481 e. The van der Waals surface area contributed by atoms with E-state index in [0.717, 1.165) is 4.90 Å². The molecule has 0 saturated carbocycles. The Bertz CT molecular complexity index is 437. The van der Waals surface area contributed by atoms with Gasteiger partial charge >= 0.3 is 12.0 Å². The van der Waals surface area contributed by atoms with Gasteiger partial charge in [-0.3, -0.25) is 19.3 Å². The van der Waals surface area contributed by atoms with E-state index >= 15 is 0 Å². The predicted octanol–water partition coefficient (Wildman–Crippen LogP) is -0.550. The van der Waals surface area contributed by atoms with Gasteiger partial charge in [0.15, 0.2) is 0 Å². The lowest BCUT2D eigenvalue weighted by Crippen LogP contribution is -2.45. The van der Waals surface area contributed by atoms with Crippen LogP contribution in [0.4, 0.5) is 4.79 Å². The highest BCUT2D eigenvalue weighted by molar-refractivity contribution is 6.04. The summed E-state index contributed by atoms with van der Waals surface area (Å²) in [6.45, 7) is 3.20. The van der Waals surface area contributed by atoms with Crippen LogP contribution in [0, 0.1) is 5.92 Å². The molecule has 4 amide bonds. The number of rotatable bonds is 6. The highest BCUT2D eigenvalue weighted by Gasteiger charge is 2.35. The van der Waals surface area contributed by atoms with Gasteiger partial charge in [-0.05, 0) is 6.92 Å². The highest BCUT2D eigenvalue weighted by atomic mass is 16.4. The number of carbonyl (C=O) groups is 4. The third-order valence-corrected chi connectivity index (χ3v) is 3.17. The van der Waals surface area contributed by atoms with E-state index in [-0.39, 0.29) is 19.6 Å². The van der Waals surface area contributed by atoms with Gasteiger partial charge in [0.05, 0.1) is 5.92 Å². The summed E-state index contributed by atoms with van der Waals surface area (Å²) in [6.07, 6.45) is 0. The van der Waals surface area contributed by atoms with Crippen molar-refractivity contribution in [1.82, 2.24) is 14.7 Å². The molecule has 8 nitrogen and oxygen atoms in total. The number of urea groups is 1. The van der Waals surface area contributed by atoms with Crippen LogP contribution >= 0.6 is 0 Å². The Morgan fingerprint density at radius 1 is 1.40 bits per heavy atom. The number of nitrogens with zero attached hydrogens (tertiary/aromatic N) is 3. The van der Waals surface area contributed by atoms with Crippen LogP contribution in [-0.2, 0) is 14.4 Å². The van der Waals surface area contributed by atoms with E-state index < -0.39 is 29.7 Å². The molecule has 20 heavy (non-hydrogen) atoms. The van der Waals surface area contributed by atoms with Crippen LogP contribution in [0.2, 0.25) is 0 Å². The van der Waals surface area contributed by atoms with Crippen molar-refractivity contribution in [3.05, 3.63) is 0 Å². The smallest absolute Gasteiger partial charge is 0.327 e. The zero-order valence-electron chi connectivity index (χ0n) is 11.8. The van der Waals surface area contributed by atoms with Crippen molar-refractivity contribution in [3.63, 3.8) is 0 Å². The quantitative estimate of drug-likeness (QED) is 0.660. The number of carboxylic acids is 1. The first-order valence-corrected chi connectivity index (χ1v) is 6.34. The molecular weight excluding hydrogens is 266 g/mol. The molecule has 1 unspecified atom stereocenters. The number of carboxylic acid groups (broad SMARTS) is 1. The van der Waals surface area contributed by atoms with Crippen LogP contribution in [0.3, 0.4) is 0 Å². The molecule has 1 N–H and O–H groups in total. The monoisotopic (exact) mass is 285 g/mol. The maximum atomic E-state index is 12.1. The second-order valence-electron chi connectivity index (χ2n) is 4.79. The zero-order chi connectivity index (χ0) is 15.4. The van der Waals surface area contributed by atoms with Crippen LogP contribution in [0.25, 0.3) is 0 Å². The molecule has 0 aromatic heterocycles. The van der Waals surface area contributed by atoms with Gasteiger partial charge in [-0.15, -0.1) is 0 Å². The Hall–Kier alpha value is -2.12. The topological polar surface area (TPSA) is 98.2 Å². The Morgan fingerprint density at radius 3 is 2.40 bits per heavy atom. The van der Waals surface area contributed by atoms with E-state index in [1.807, 2.05) is 0 Å². The number of aliphatic carboxylic acids is 1. The van der Waals surface area contributed by atoms with Crippen molar-refractivity contribution < 1.29 is 24.3 Å². The fourth-order valence-corrected chi connectivity index (χ4v) is 1.88. The van der Waals surface area contributed by atoms with Crippen molar-refractivity contribution in [2.24, 2.45) is 5.92 Å². The Kier molecular flexibility index (Phi) is 5.06. The third kappa shape index (κ3) is 3.46. The van der Waals surface area contributed by atoms with Crippen LogP contribution in [-0.4, -0.2) is 76.8 Å². The lowest BCUT2D eigenvalue weighted by molar-refractivity contribution is -0.144. The van der Waals surface area contributed by atoms with E-state index in [4.69, 9.17) is 5.11 Å². The van der Waals surface area contributed by atoms with Gasteiger partial charge in [-0.2, -0.15) is 0 Å². The molecule has 1 heterocycles. The minimum absolute atomic E-state index is 0.0379. The van der Waals surface area contributed by atoms with E-state index in [1.54, 1.807) is 6.92 Å². The van der Waals surface area contributed by atoms with Crippen molar-refractivity contribution in [1.29, 1.82) is 0 Å². The first kappa shape index (κ1) is 15.9. The fourth-order valence-electron chi connectivity index (χ4n) is 1.88. The molecule has 1 aliphatic rings. The standard InChI is InChI=1S/C12H19N3O5/c1-4-14(5-8(2)11(18)19)9(16)7-15-10(17)6-13(3)12(15)20/h8H,4-7H2,1-3H3,(H,18,19). The minimum atomic E-state index is -0.996. The first-order valence-electron chi connectivity index (χ1n) is 6.34. The van der Waals surface area contributed by atoms with Crippen molar-refractivity contribution in [2.45, 2.75) is 13.8 Å². The number of imide groups is 1. The number of likely N-dealkylation sites (N-methyl/N-ethyl adjacent to an activating group) is 2. The van der Waals surface area contributed by atoms with Crippen molar-refractivity contribution in [3.8, 4) is 0 Å². The van der Waals surface area contributed by atoms with Crippen molar-refractivity contribution in [2.75, 3.05) is 33.2 Å². The van der Waals surface area contributed by atoms with E-state index in [1.165, 1.54) is 23.8 Å². The maximum absolute atomic E-state index is 12.1. The van der Waals surface area contributed by atoms with E-state index in [2.05, 4.69) is 0 Å². The van der Waals surface area contributed by atoms with Gasteiger partial charge in [-0.1, -0.05) is 6.92 Å². The molecule has 0 aromatic rings. The van der Waals surface area contributed by atoms with Gasteiger partial charge < -0.3 is 14.9 Å². The summed E-state index contributed by atoms with van der Waals surface area (Å²) in [5.41, 5.74) is 0. The van der Waals surface area contributed by atoms with Gasteiger partial charge in [0.1, 0.15) is 13.1 Å². The lowest BCUT2D eigenvalue weighted by Gasteiger charge is -2.24. The molecular formula is C12H19N3O5. The Balaban J connectivity index is 2.66. The zero-order valence-corrected chi connectivity index (χ0v) is 11.8. The first-order chi connectivity index (χ1) is 9.27. The highest BCUT2D eigenvalue weighted by Crippen LogP contribution is 2.09. The van der Waals surface area contributed by atoms with Crippen molar-refractivity contribution >= 4 is 23.8 Å². The number of hydrogen-bond donors (Lipinski definition) is 1. The molecule has 1 rings (SSSR count). The molecule has 112 valence electrons. The average molecular weight is 285 g/mol. The summed E-state index contributed by atoms with van der Waals surface area (Å²) < 4.78 is 0. The Labute approximate surface area is 116 Å². The van der Waals surface area contributed by atoms with Crippen LogP contribution in [0.5, 0.6) is 0 Å². The Morgan fingerprint density at radius 2 is 2.00 bits per heavy atom. The van der Waals surface area contributed by atoms with Gasteiger partial charge in [0.25, 0.3) is 5.91 Å². The summed E-state index contributed by atoms with van der Waals surface area (Å²) in [6, 6.07) is -0.509. The number of carbonyl (C=O) groups excluding carboxylic acids is 3. The average Bonchev–Trinajstić information content (AvgIpc) is 2.61. The van der Waals surface area contributed by atoms with Gasteiger partial charge in [-0.25, -0.2) is 4.79 Å². The summed E-state index contributed by atoms with van der Waals surface area (Å²) >= 11 is 0. The molecule has 1 atom stereocenters. The predicted molar refractivity (Wildman–Crippen MR) is 68.8 cm³/mol. The molecule has 8 heteroatoms. The summed E-state index contributed by atoms with van der Waals surface area (Å²) in [4.78, 5) is 49.5. The SMILES string of the molecule is CCN(CC(C)C(=O)O)C(=O)CN1C(=O)CN(C)C1=O. The molecule has 0 radical (unpaired) electrons. The van der Waals surface area contributed by atoms with E-state index in [0.29, 0.717) is 6.54 Å². The van der Waals surface area contributed by atoms with E-state index in [9.17, 15) is 19.2 Å².